The van der Waals surface area contributed by atoms with Gasteiger partial charge in [-0.25, -0.2) is 0 Å². The number of hydrogen-bond donors (Lipinski definition) is 3. The zero-order chi connectivity index (χ0) is 10.3. The van der Waals surface area contributed by atoms with Crippen molar-refractivity contribution in [1.82, 2.24) is 0 Å². The minimum atomic E-state index is -1.50. The summed E-state index contributed by atoms with van der Waals surface area (Å²) in [5, 5.41) is 28.1. The lowest BCUT2D eigenvalue weighted by molar-refractivity contribution is 0.426. The molecular weight excluding hydrogens is 267 g/mol. The molecule has 1 aromatic carbocycles. The molecule has 0 saturated heterocycles. The number of rotatable bonds is 1. The first-order valence-corrected chi connectivity index (χ1v) is 5.47. The number of halogens is 1. The van der Waals surface area contributed by atoms with Gasteiger partial charge in [0.05, 0.1) is 0 Å². The van der Waals surface area contributed by atoms with Gasteiger partial charge in [-0.15, -0.1) is 11.3 Å². The molecule has 0 saturated carbocycles. The quantitative estimate of drug-likeness (QED) is 0.680. The molecule has 1 aromatic heterocycles. The maximum Gasteiger partial charge on any atom is 0.488 e. The Morgan fingerprint density at radius 1 is 1.29 bits per heavy atom. The van der Waals surface area contributed by atoms with Crippen LogP contribution >= 0.6 is 27.3 Å². The van der Waals surface area contributed by atoms with Crippen LogP contribution in [-0.4, -0.2) is 22.3 Å². The number of aromatic hydroxyl groups is 1. The Labute approximate surface area is 92.9 Å². The fraction of sp³-hybridized carbons (Fsp3) is 0. The van der Waals surface area contributed by atoms with E-state index in [0.717, 1.165) is 4.70 Å². The minimum Gasteiger partial charge on any atom is -0.505 e. The normalized spacial score (nSPS) is 10.8. The molecule has 0 bridgehead atoms. The van der Waals surface area contributed by atoms with E-state index in [1.807, 2.05) is 0 Å². The van der Waals surface area contributed by atoms with Crippen molar-refractivity contribution < 1.29 is 15.2 Å². The predicted molar refractivity (Wildman–Crippen MR) is 61.0 cm³/mol. The third-order valence-electron chi connectivity index (χ3n) is 1.94. The van der Waals surface area contributed by atoms with E-state index < -0.39 is 7.12 Å². The summed E-state index contributed by atoms with van der Waals surface area (Å²) in [4.78, 5) is 0. The Hall–Kier alpha value is -0.555. The van der Waals surface area contributed by atoms with E-state index in [4.69, 9.17) is 10.0 Å². The Balaban J connectivity index is 2.69. The molecule has 0 aliphatic heterocycles. The highest BCUT2D eigenvalue weighted by molar-refractivity contribution is 9.11. The molecule has 0 amide bonds. The van der Waals surface area contributed by atoms with Crippen molar-refractivity contribution in [2.24, 2.45) is 0 Å². The summed E-state index contributed by atoms with van der Waals surface area (Å²) < 4.78 is 1.55. The summed E-state index contributed by atoms with van der Waals surface area (Å²) in [7, 11) is -1.50. The zero-order valence-corrected chi connectivity index (χ0v) is 9.34. The summed E-state index contributed by atoms with van der Waals surface area (Å²) in [6.45, 7) is 0. The largest absolute Gasteiger partial charge is 0.505 e. The van der Waals surface area contributed by atoms with Gasteiger partial charge in [0.1, 0.15) is 9.54 Å². The van der Waals surface area contributed by atoms with Crippen LogP contribution in [0.5, 0.6) is 5.75 Å². The fourth-order valence-corrected chi connectivity index (χ4v) is 2.77. The van der Waals surface area contributed by atoms with E-state index in [2.05, 4.69) is 15.9 Å². The summed E-state index contributed by atoms with van der Waals surface area (Å²) >= 11 is 4.62. The standard InChI is InChI=1S/C8H6BBrO3S/c10-8-7(11)5-3-4(9(12)13)1-2-6(5)14-8/h1-3,11-13H. The maximum absolute atomic E-state index is 9.60. The van der Waals surface area contributed by atoms with Gasteiger partial charge in [0.2, 0.25) is 0 Å². The second kappa shape index (κ2) is 3.54. The Kier molecular flexibility index (Phi) is 2.53. The van der Waals surface area contributed by atoms with Crippen LogP contribution in [0.1, 0.15) is 0 Å². The van der Waals surface area contributed by atoms with E-state index in [1.165, 1.54) is 11.3 Å². The smallest absolute Gasteiger partial charge is 0.488 e. The van der Waals surface area contributed by atoms with Crippen molar-refractivity contribution in [1.29, 1.82) is 0 Å². The zero-order valence-electron chi connectivity index (χ0n) is 6.94. The summed E-state index contributed by atoms with van der Waals surface area (Å²) in [6, 6.07) is 4.94. The van der Waals surface area contributed by atoms with Crippen molar-refractivity contribution >= 4 is 49.9 Å². The van der Waals surface area contributed by atoms with Crippen LogP contribution in [0.4, 0.5) is 0 Å². The van der Waals surface area contributed by atoms with Gasteiger partial charge in [0.25, 0.3) is 0 Å². The monoisotopic (exact) mass is 272 g/mol. The second-order valence-corrected chi connectivity index (χ2v) is 5.22. The van der Waals surface area contributed by atoms with Crippen molar-refractivity contribution in [2.45, 2.75) is 0 Å². The Morgan fingerprint density at radius 3 is 2.64 bits per heavy atom. The number of benzene rings is 1. The van der Waals surface area contributed by atoms with Gasteiger partial charge in [-0.2, -0.15) is 0 Å². The number of hydrogen-bond acceptors (Lipinski definition) is 4. The van der Waals surface area contributed by atoms with E-state index in [1.54, 1.807) is 18.2 Å². The van der Waals surface area contributed by atoms with Crippen molar-refractivity contribution in [3.05, 3.63) is 22.0 Å². The first kappa shape index (κ1) is 9.98. The van der Waals surface area contributed by atoms with E-state index in [0.29, 0.717) is 14.6 Å². The molecular formula is C8H6BBrO3S. The predicted octanol–water partition coefficient (Wildman–Crippen LogP) is 1.05. The van der Waals surface area contributed by atoms with Gasteiger partial charge in [0, 0.05) is 10.1 Å². The summed E-state index contributed by atoms with van der Waals surface area (Å²) in [5.41, 5.74) is 0.373. The molecule has 14 heavy (non-hydrogen) atoms. The van der Waals surface area contributed by atoms with Crippen LogP contribution < -0.4 is 5.46 Å². The molecule has 0 radical (unpaired) electrons. The van der Waals surface area contributed by atoms with Crippen molar-refractivity contribution in [3.63, 3.8) is 0 Å². The van der Waals surface area contributed by atoms with Crippen LogP contribution in [0, 0.1) is 0 Å². The van der Waals surface area contributed by atoms with Crippen LogP contribution in [0.25, 0.3) is 10.1 Å². The minimum absolute atomic E-state index is 0.146. The summed E-state index contributed by atoms with van der Waals surface area (Å²) in [6.07, 6.45) is 0. The molecule has 2 aromatic rings. The van der Waals surface area contributed by atoms with Gasteiger partial charge in [-0.3, -0.25) is 0 Å². The lowest BCUT2D eigenvalue weighted by Crippen LogP contribution is -2.29. The van der Waals surface area contributed by atoms with Crippen LogP contribution in [0.2, 0.25) is 0 Å². The van der Waals surface area contributed by atoms with Crippen molar-refractivity contribution in [3.8, 4) is 5.75 Å². The third-order valence-corrected chi connectivity index (χ3v) is 3.75. The average molecular weight is 273 g/mol. The van der Waals surface area contributed by atoms with Crippen LogP contribution in [0.15, 0.2) is 22.0 Å². The highest BCUT2D eigenvalue weighted by Crippen LogP contribution is 2.39. The Morgan fingerprint density at radius 2 is 2.00 bits per heavy atom. The molecule has 0 unspecified atom stereocenters. The first-order valence-electron chi connectivity index (χ1n) is 3.86. The van der Waals surface area contributed by atoms with Gasteiger partial charge >= 0.3 is 7.12 Å². The molecule has 1 heterocycles. The third kappa shape index (κ3) is 1.54. The van der Waals surface area contributed by atoms with E-state index in [9.17, 15) is 5.11 Å². The molecule has 6 heteroatoms. The van der Waals surface area contributed by atoms with Gasteiger partial charge in [0.15, 0.2) is 0 Å². The van der Waals surface area contributed by atoms with Gasteiger partial charge < -0.3 is 15.2 Å². The molecule has 0 aliphatic carbocycles. The highest BCUT2D eigenvalue weighted by Gasteiger charge is 2.14. The first-order chi connectivity index (χ1) is 6.59. The SMILES string of the molecule is OB(O)c1ccc2sc(Br)c(O)c2c1. The van der Waals surface area contributed by atoms with E-state index in [-0.39, 0.29) is 5.75 Å². The fourth-order valence-electron chi connectivity index (χ4n) is 1.23. The van der Waals surface area contributed by atoms with Crippen LogP contribution in [0.3, 0.4) is 0 Å². The van der Waals surface area contributed by atoms with Crippen LogP contribution in [-0.2, 0) is 0 Å². The van der Waals surface area contributed by atoms with Crippen molar-refractivity contribution in [2.75, 3.05) is 0 Å². The number of fused-ring (bicyclic) bond motifs is 1. The average Bonchev–Trinajstić information content (AvgIpc) is 2.43. The molecule has 0 spiro atoms. The molecule has 0 atom stereocenters. The lowest BCUT2D eigenvalue weighted by atomic mass is 9.80. The molecule has 0 aliphatic rings. The number of thiophene rings is 1. The second-order valence-electron chi connectivity index (χ2n) is 2.85. The molecule has 3 nitrogen and oxygen atoms in total. The molecule has 72 valence electrons. The van der Waals surface area contributed by atoms with E-state index >= 15 is 0 Å². The topological polar surface area (TPSA) is 60.7 Å². The Bertz CT molecular complexity index is 483. The van der Waals surface area contributed by atoms with Gasteiger partial charge in [-0.05, 0) is 27.5 Å². The lowest BCUT2D eigenvalue weighted by Gasteiger charge is -1.98. The highest BCUT2D eigenvalue weighted by atomic mass is 79.9. The summed E-state index contributed by atoms with van der Waals surface area (Å²) in [5.74, 6) is 0.146. The molecule has 0 fully saturated rings. The molecule has 3 N–H and O–H groups in total. The maximum atomic E-state index is 9.60. The molecule has 2 rings (SSSR count). The van der Waals surface area contributed by atoms with Gasteiger partial charge in [-0.1, -0.05) is 12.1 Å².